The Labute approximate surface area is 203 Å². The van der Waals surface area contributed by atoms with E-state index in [1.165, 1.54) is 7.11 Å². The van der Waals surface area contributed by atoms with Gasteiger partial charge in [-0.15, -0.1) is 0 Å². The van der Waals surface area contributed by atoms with Crippen LogP contribution in [0.15, 0.2) is 91.0 Å². The van der Waals surface area contributed by atoms with Crippen LogP contribution in [0, 0.1) is 0 Å². The van der Waals surface area contributed by atoms with Crippen LogP contribution in [-0.4, -0.2) is 19.0 Å². The lowest BCUT2D eigenvalue weighted by Gasteiger charge is -2.37. The standard InChI is InChI=1S/C30H24O5/c1-3-25(31)34-28-23-17-11-10-16-22(23)27-24(26(28)29(32)33-2)18-19-30(35-27,20-12-6-4-7-13-20)21-14-8-5-9-15-21/h4-19H,3H2,1-2H3. The molecule has 4 aromatic carbocycles. The van der Waals surface area contributed by atoms with E-state index < -0.39 is 17.5 Å². The maximum absolute atomic E-state index is 13.0. The molecule has 0 radical (unpaired) electrons. The second-order valence-electron chi connectivity index (χ2n) is 8.21. The predicted octanol–water partition coefficient (Wildman–Crippen LogP) is 6.29. The summed E-state index contributed by atoms with van der Waals surface area (Å²) < 4.78 is 17.7. The average Bonchev–Trinajstić information content (AvgIpc) is 2.93. The normalized spacial score (nSPS) is 13.5. The van der Waals surface area contributed by atoms with Gasteiger partial charge in [0.2, 0.25) is 0 Å². The molecule has 0 atom stereocenters. The Morgan fingerprint density at radius 1 is 0.829 bits per heavy atom. The molecule has 0 fully saturated rings. The molecule has 0 aliphatic carbocycles. The van der Waals surface area contributed by atoms with Gasteiger partial charge in [0, 0.05) is 33.9 Å². The van der Waals surface area contributed by atoms with Gasteiger partial charge in [0.05, 0.1) is 7.11 Å². The van der Waals surface area contributed by atoms with Gasteiger partial charge < -0.3 is 14.2 Å². The van der Waals surface area contributed by atoms with Crippen molar-refractivity contribution in [1.29, 1.82) is 0 Å². The summed E-state index contributed by atoms with van der Waals surface area (Å²) in [6.07, 6.45) is 3.97. The summed E-state index contributed by atoms with van der Waals surface area (Å²) in [6, 6.07) is 27.3. The van der Waals surface area contributed by atoms with Crippen molar-refractivity contribution in [2.24, 2.45) is 0 Å². The summed E-state index contributed by atoms with van der Waals surface area (Å²) in [5.74, 6) is -0.347. The van der Waals surface area contributed by atoms with Crippen molar-refractivity contribution in [2.45, 2.75) is 18.9 Å². The monoisotopic (exact) mass is 464 g/mol. The summed E-state index contributed by atoms with van der Waals surface area (Å²) in [6.45, 7) is 1.71. The van der Waals surface area contributed by atoms with Crippen molar-refractivity contribution < 1.29 is 23.8 Å². The SMILES string of the molecule is CCC(=O)Oc1c(C(=O)OC)c2c(c3ccccc13)OC(c1ccccc1)(c1ccccc1)C=C2. The van der Waals surface area contributed by atoms with E-state index in [1.807, 2.05) is 97.1 Å². The molecule has 5 nitrogen and oxygen atoms in total. The molecule has 0 N–H and O–H groups in total. The van der Waals surface area contributed by atoms with Crippen molar-refractivity contribution in [1.82, 2.24) is 0 Å². The van der Waals surface area contributed by atoms with Crippen LogP contribution >= 0.6 is 0 Å². The molecular formula is C30H24O5. The third kappa shape index (κ3) is 3.75. The fourth-order valence-electron chi connectivity index (χ4n) is 4.50. The molecule has 0 saturated heterocycles. The largest absolute Gasteiger partial charge is 0.472 e. The van der Waals surface area contributed by atoms with Gasteiger partial charge >= 0.3 is 11.9 Å². The molecule has 5 rings (SSSR count). The minimum Gasteiger partial charge on any atom is -0.472 e. The summed E-state index contributed by atoms with van der Waals surface area (Å²) in [7, 11) is 1.31. The molecule has 0 saturated carbocycles. The number of hydrogen-bond acceptors (Lipinski definition) is 5. The summed E-state index contributed by atoms with van der Waals surface area (Å²) >= 11 is 0. The van der Waals surface area contributed by atoms with Gasteiger partial charge in [-0.3, -0.25) is 4.79 Å². The average molecular weight is 465 g/mol. The van der Waals surface area contributed by atoms with Gasteiger partial charge in [-0.25, -0.2) is 4.79 Å². The Bertz CT molecular complexity index is 1400. The van der Waals surface area contributed by atoms with Crippen LogP contribution in [0.4, 0.5) is 0 Å². The van der Waals surface area contributed by atoms with E-state index in [2.05, 4.69) is 0 Å². The number of esters is 2. The number of methoxy groups -OCH3 is 1. The molecule has 1 aliphatic rings. The lowest BCUT2D eigenvalue weighted by Crippen LogP contribution is -2.34. The van der Waals surface area contributed by atoms with E-state index in [4.69, 9.17) is 14.2 Å². The molecule has 0 unspecified atom stereocenters. The minimum atomic E-state index is -0.923. The molecular weight excluding hydrogens is 440 g/mol. The van der Waals surface area contributed by atoms with Crippen LogP contribution in [0.1, 0.15) is 40.4 Å². The quantitative estimate of drug-likeness (QED) is 0.257. The number of carbonyl (C=O) groups is 2. The van der Waals surface area contributed by atoms with Crippen molar-refractivity contribution in [2.75, 3.05) is 7.11 Å². The summed E-state index contributed by atoms with van der Waals surface area (Å²) in [5, 5.41) is 1.33. The van der Waals surface area contributed by atoms with Crippen molar-refractivity contribution in [3.05, 3.63) is 113 Å². The Kier molecular flexibility index (Phi) is 5.83. The third-order valence-electron chi connectivity index (χ3n) is 6.20. The zero-order valence-corrected chi connectivity index (χ0v) is 19.5. The first-order valence-electron chi connectivity index (χ1n) is 11.5. The molecule has 4 aromatic rings. The van der Waals surface area contributed by atoms with Gasteiger partial charge in [0.15, 0.2) is 11.4 Å². The maximum atomic E-state index is 13.0. The zero-order chi connectivity index (χ0) is 24.4. The first-order chi connectivity index (χ1) is 17.1. The summed E-state index contributed by atoms with van der Waals surface area (Å²) in [5.41, 5.74) is 1.63. The molecule has 0 spiro atoms. The van der Waals surface area contributed by atoms with Crippen LogP contribution in [-0.2, 0) is 15.1 Å². The molecule has 1 aliphatic heterocycles. The van der Waals surface area contributed by atoms with Crippen LogP contribution in [0.3, 0.4) is 0 Å². The molecule has 174 valence electrons. The third-order valence-corrected chi connectivity index (χ3v) is 6.20. The number of benzene rings is 4. The highest BCUT2D eigenvalue weighted by Crippen LogP contribution is 2.49. The van der Waals surface area contributed by atoms with E-state index in [1.54, 1.807) is 6.92 Å². The zero-order valence-electron chi connectivity index (χ0n) is 19.5. The van der Waals surface area contributed by atoms with E-state index in [9.17, 15) is 9.59 Å². The molecule has 0 aromatic heterocycles. The van der Waals surface area contributed by atoms with E-state index in [-0.39, 0.29) is 17.7 Å². The highest BCUT2D eigenvalue weighted by Gasteiger charge is 2.40. The number of carbonyl (C=O) groups excluding carboxylic acids is 2. The van der Waals surface area contributed by atoms with Crippen LogP contribution in [0.25, 0.3) is 16.8 Å². The number of rotatable bonds is 5. The van der Waals surface area contributed by atoms with Gasteiger partial charge in [0.1, 0.15) is 11.3 Å². The molecule has 1 heterocycles. The van der Waals surface area contributed by atoms with Crippen LogP contribution in [0.2, 0.25) is 0 Å². The second-order valence-corrected chi connectivity index (χ2v) is 8.21. The van der Waals surface area contributed by atoms with Crippen LogP contribution < -0.4 is 9.47 Å². The van der Waals surface area contributed by atoms with Crippen LogP contribution in [0.5, 0.6) is 11.5 Å². The van der Waals surface area contributed by atoms with E-state index in [0.29, 0.717) is 16.7 Å². The minimum absolute atomic E-state index is 0.161. The van der Waals surface area contributed by atoms with Crippen molar-refractivity contribution in [3.63, 3.8) is 0 Å². The van der Waals surface area contributed by atoms with Gasteiger partial charge in [0.25, 0.3) is 0 Å². The van der Waals surface area contributed by atoms with E-state index >= 15 is 0 Å². The second kappa shape index (κ2) is 9.11. The highest BCUT2D eigenvalue weighted by atomic mass is 16.5. The predicted molar refractivity (Wildman–Crippen MR) is 135 cm³/mol. The molecule has 5 heteroatoms. The maximum Gasteiger partial charge on any atom is 0.342 e. The number of hydrogen-bond donors (Lipinski definition) is 0. The highest BCUT2D eigenvalue weighted by molar-refractivity contribution is 6.09. The van der Waals surface area contributed by atoms with Gasteiger partial charge in [-0.1, -0.05) is 91.9 Å². The first kappa shape index (κ1) is 22.4. The Hall–Kier alpha value is -4.38. The lowest BCUT2D eigenvalue weighted by atomic mass is 9.82. The van der Waals surface area contributed by atoms with Crippen molar-refractivity contribution >= 4 is 28.8 Å². The fraction of sp³-hybridized carbons (Fsp3) is 0.133. The smallest absolute Gasteiger partial charge is 0.342 e. The first-order valence-corrected chi connectivity index (χ1v) is 11.5. The van der Waals surface area contributed by atoms with Gasteiger partial charge in [-0.05, 0) is 12.2 Å². The summed E-state index contributed by atoms with van der Waals surface area (Å²) in [4.78, 5) is 25.3. The Morgan fingerprint density at radius 3 is 1.97 bits per heavy atom. The molecule has 0 bridgehead atoms. The lowest BCUT2D eigenvalue weighted by molar-refractivity contribution is -0.133. The van der Waals surface area contributed by atoms with Gasteiger partial charge in [-0.2, -0.15) is 0 Å². The molecule has 0 amide bonds. The van der Waals surface area contributed by atoms with Crippen molar-refractivity contribution in [3.8, 4) is 11.5 Å². The fourth-order valence-corrected chi connectivity index (χ4v) is 4.50. The topological polar surface area (TPSA) is 61.8 Å². The Morgan fingerprint density at radius 2 is 1.40 bits per heavy atom. The molecule has 35 heavy (non-hydrogen) atoms. The number of ether oxygens (including phenoxy) is 3. The number of fused-ring (bicyclic) bond motifs is 3. The van der Waals surface area contributed by atoms with E-state index in [0.717, 1.165) is 16.5 Å². The Balaban J connectivity index is 1.83.